The third-order valence-electron chi connectivity index (χ3n) is 4.77. The molecule has 0 aliphatic carbocycles. The summed E-state index contributed by atoms with van der Waals surface area (Å²) in [4.78, 5) is 41.5. The van der Waals surface area contributed by atoms with Crippen molar-refractivity contribution in [3.05, 3.63) is 60.5 Å². The average molecular weight is 487 g/mol. The van der Waals surface area contributed by atoms with E-state index in [9.17, 15) is 22.8 Å². The molecule has 0 aliphatic rings. The molecule has 2 aromatic heterocycles. The van der Waals surface area contributed by atoms with Crippen molar-refractivity contribution < 1.29 is 27.2 Å². The molecule has 0 saturated carbocycles. The third kappa shape index (κ3) is 6.06. The number of para-hydroxylation sites is 1. The molecule has 0 fully saturated rings. The van der Waals surface area contributed by atoms with Crippen molar-refractivity contribution in [1.82, 2.24) is 20.1 Å². The highest BCUT2D eigenvalue weighted by Gasteiger charge is 2.32. The van der Waals surface area contributed by atoms with Gasteiger partial charge in [0.1, 0.15) is 17.4 Å². The van der Waals surface area contributed by atoms with Crippen LogP contribution in [0, 0.1) is 5.92 Å². The fourth-order valence-electron chi connectivity index (χ4n) is 3.23. The maximum Gasteiger partial charge on any atom is 0.287 e. The van der Waals surface area contributed by atoms with Gasteiger partial charge in [-0.05, 0) is 43.5 Å². The van der Waals surface area contributed by atoms with E-state index in [1.165, 1.54) is 25.3 Å². The Kier molecular flexibility index (Phi) is 7.79. The minimum absolute atomic E-state index is 0.0135. The van der Waals surface area contributed by atoms with Gasteiger partial charge >= 0.3 is 0 Å². The first-order valence-corrected chi connectivity index (χ1v) is 12.0. The standard InChI is InChI=1S/C23H26N4O6S/c1-15(2)12-18(25-23(30)20-13-17-8-4-5-9-19(17)33-20)22(29)26-27(14-16(3)28)34(31,32)21-10-6-7-11-24-21/h4-11,13,15,18H,12,14H2,1-3H3,(H,25,30)(H,26,29)/t18-/m0/s1. The topological polar surface area (TPSA) is 139 Å². The first-order chi connectivity index (χ1) is 16.1. The molecule has 2 N–H and O–H groups in total. The summed E-state index contributed by atoms with van der Waals surface area (Å²) >= 11 is 0. The highest BCUT2D eigenvalue weighted by molar-refractivity contribution is 7.89. The number of rotatable bonds is 10. The van der Waals surface area contributed by atoms with E-state index < -0.39 is 40.2 Å². The smallest absolute Gasteiger partial charge is 0.287 e. The second kappa shape index (κ2) is 10.6. The van der Waals surface area contributed by atoms with Crippen molar-refractivity contribution in [1.29, 1.82) is 0 Å². The Morgan fingerprint density at radius 2 is 1.79 bits per heavy atom. The number of ketones is 1. The first-order valence-electron chi connectivity index (χ1n) is 10.6. The molecule has 10 nitrogen and oxygen atoms in total. The van der Waals surface area contributed by atoms with Crippen molar-refractivity contribution in [3.63, 3.8) is 0 Å². The van der Waals surface area contributed by atoms with Gasteiger partial charge < -0.3 is 9.73 Å². The lowest BCUT2D eigenvalue weighted by atomic mass is 10.0. The van der Waals surface area contributed by atoms with Gasteiger partial charge in [0.15, 0.2) is 10.8 Å². The van der Waals surface area contributed by atoms with Crippen LogP contribution in [0.4, 0.5) is 0 Å². The molecule has 0 aliphatic heterocycles. The van der Waals surface area contributed by atoms with Crippen LogP contribution in [-0.4, -0.2) is 48.0 Å². The second-order valence-corrected chi connectivity index (χ2v) is 9.97. The molecule has 1 atom stereocenters. The van der Waals surface area contributed by atoms with Crippen LogP contribution in [-0.2, 0) is 19.6 Å². The van der Waals surface area contributed by atoms with E-state index in [2.05, 4.69) is 15.7 Å². The summed E-state index contributed by atoms with van der Waals surface area (Å²) in [7, 11) is -4.31. The number of pyridine rings is 1. The van der Waals surface area contributed by atoms with Gasteiger partial charge in [-0.15, -0.1) is 4.41 Å². The molecule has 0 radical (unpaired) electrons. The zero-order valence-corrected chi connectivity index (χ0v) is 19.8. The highest BCUT2D eigenvalue weighted by Crippen LogP contribution is 2.19. The summed E-state index contributed by atoms with van der Waals surface area (Å²) in [6.07, 6.45) is 1.51. The highest BCUT2D eigenvalue weighted by atomic mass is 32.2. The average Bonchev–Trinajstić information content (AvgIpc) is 3.22. The molecule has 2 heterocycles. The number of nitrogens with zero attached hydrogens (tertiary/aromatic N) is 2. The zero-order chi connectivity index (χ0) is 24.9. The van der Waals surface area contributed by atoms with E-state index in [1.54, 1.807) is 36.4 Å². The van der Waals surface area contributed by atoms with Crippen molar-refractivity contribution in [2.45, 2.75) is 38.3 Å². The van der Waals surface area contributed by atoms with Gasteiger partial charge in [0.05, 0.1) is 6.54 Å². The fraction of sp³-hybridized carbons (Fsp3) is 0.304. The van der Waals surface area contributed by atoms with Crippen LogP contribution < -0.4 is 10.7 Å². The molecule has 0 bridgehead atoms. The molecular formula is C23H26N4O6S. The van der Waals surface area contributed by atoms with E-state index in [1.807, 2.05) is 13.8 Å². The molecule has 3 aromatic rings. The predicted molar refractivity (Wildman–Crippen MR) is 124 cm³/mol. The number of benzene rings is 1. The van der Waals surface area contributed by atoms with Gasteiger partial charge in [0.2, 0.25) is 0 Å². The number of nitrogens with one attached hydrogen (secondary N) is 2. The first kappa shape index (κ1) is 25.1. The molecule has 2 amide bonds. The van der Waals surface area contributed by atoms with E-state index in [4.69, 9.17) is 4.42 Å². The quantitative estimate of drug-likeness (QED) is 0.419. The van der Waals surface area contributed by atoms with Crippen LogP contribution in [0.5, 0.6) is 0 Å². The molecular weight excluding hydrogens is 460 g/mol. The minimum Gasteiger partial charge on any atom is -0.451 e. The number of Topliss-reactive ketones (excluding diaryl/α,β-unsaturated/α-hetero) is 1. The Labute approximate surface area is 197 Å². The zero-order valence-electron chi connectivity index (χ0n) is 19.0. The minimum atomic E-state index is -4.31. The lowest BCUT2D eigenvalue weighted by Gasteiger charge is -2.25. The van der Waals surface area contributed by atoms with Gasteiger partial charge in [-0.25, -0.2) is 13.4 Å². The molecule has 180 valence electrons. The Hall–Kier alpha value is -3.57. The summed E-state index contributed by atoms with van der Waals surface area (Å²) in [5.74, 6) is -1.90. The second-order valence-electron chi connectivity index (χ2n) is 8.16. The van der Waals surface area contributed by atoms with Gasteiger partial charge in [-0.1, -0.05) is 38.1 Å². The number of hydrogen-bond acceptors (Lipinski definition) is 7. The monoisotopic (exact) mass is 486 g/mol. The largest absolute Gasteiger partial charge is 0.451 e. The Morgan fingerprint density at radius 3 is 2.41 bits per heavy atom. The van der Waals surface area contributed by atoms with Crippen molar-refractivity contribution in [3.8, 4) is 0 Å². The van der Waals surface area contributed by atoms with E-state index in [0.717, 1.165) is 5.39 Å². The van der Waals surface area contributed by atoms with Gasteiger partial charge in [0, 0.05) is 11.6 Å². The van der Waals surface area contributed by atoms with E-state index >= 15 is 0 Å². The molecule has 11 heteroatoms. The summed E-state index contributed by atoms with van der Waals surface area (Å²) in [5.41, 5.74) is 2.80. The van der Waals surface area contributed by atoms with Gasteiger partial charge in [-0.2, -0.15) is 0 Å². The van der Waals surface area contributed by atoms with Gasteiger partial charge in [0.25, 0.3) is 21.8 Å². The molecule has 0 saturated heterocycles. The lowest BCUT2D eigenvalue weighted by Crippen LogP contribution is -2.55. The van der Waals surface area contributed by atoms with Gasteiger partial charge in [-0.3, -0.25) is 19.8 Å². The predicted octanol–water partition coefficient (Wildman–Crippen LogP) is 2.28. The fourth-order valence-corrected chi connectivity index (χ4v) is 4.46. The van der Waals surface area contributed by atoms with Crippen molar-refractivity contribution in [2.75, 3.05) is 6.54 Å². The summed E-state index contributed by atoms with van der Waals surface area (Å²) in [5, 5.41) is 3.01. The van der Waals surface area contributed by atoms with Crippen LogP contribution in [0.15, 0.2) is 64.2 Å². The maximum atomic E-state index is 13.1. The van der Waals surface area contributed by atoms with Crippen molar-refractivity contribution in [2.24, 2.45) is 5.92 Å². The van der Waals surface area contributed by atoms with Crippen LogP contribution in [0.1, 0.15) is 37.7 Å². The Balaban J connectivity index is 1.83. The number of fused-ring (bicyclic) bond motifs is 1. The number of carbonyl (C=O) groups excluding carboxylic acids is 3. The van der Waals surface area contributed by atoms with Crippen LogP contribution in [0.3, 0.4) is 0 Å². The number of sulfonamides is 1. The normalized spacial score (nSPS) is 12.6. The number of hydrazine groups is 1. The summed E-state index contributed by atoms with van der Waals surface area (Å²) in [6, 6.07) is 11.8. The van der Waals surface area contributed by atoms with Crippen LogP contribution >= 0.6 is 0 Å². The number of amides is 2. The lowest BCUT2D eigenvalue weighted by molar-refractivity contribution is -0.127. The van der Waals surface area contributed by atoms with Crippen LogP contribution in [0.2, 0.25) is 0 Å². The number of furan rings is 1. The molecule has 3 rings (SSSR count). The Morgan fingerprint density at radius 1 is 1.09 bits per heavy atom. The van der Waals surface area contributed by atoms with Crippen molar-refractivity contribution >= 4 is 38.6 Å². The Bertz CT molecular complexity index is 1250. The summed E-state index contributed by atoms with van der Waals surface area (Å²) in [6.45, 7) is 4.30. The SMILES string of the molecule is CC(=O)CN(NC(=O)[C@H](CC(C)C)NC(=O)c1cc2ccccc2o1)S(=O)(=O)c1ccccn1. The molecule has 0 unspecified atom stereocenters. The van der Waals surface area contributed by atoms with Crippen LogP contribution in [0.25, 0.3) is 11.0 Å². The summed E-state index contributed by atoms with van der Waals surface area (Å²) < 4.78 is 32.1. The third-order valence-corrected chi connectivity index (χ3v) is 6.34. The maximum absolute atomic E-state index is 13.1. The van der Waals surface area contributed by atoms with E-state index in [0.29, 0.717) is 10.00 Å². The van der Waals surface area contributed by atoms with E-state index in [-0.39, 0.29) is 23.1 Å². The number of hydrogen-bond donors (Lipinski definition) is 2. The number of aromatic nitrogens is 1. The molecule has 0 spiro atoms. The molecule has 1 aromatic carbocycles. The molecule has 34 heavy (non-hydrogen) atoms. The number of carbonyl (C=O) groups is 3.